The molecule has 98 valence electrons. The Balaban J connectivity index is 2.30. The average molecular weight is 448 g/mol. The molecule has 0 aromatic heterocycles. The first-order chi connectivity index (χ1) is 8.97. The highest BCUT2D eigenvalue weighted by Gasteiger charge is 2.12. The molecule has 2 rings (SSSR count). The Labute approximate surface area is 137 Å². The van der Waals surface area contributed by atoms with Crippen LogP contribution in [0.4, 0.5) is 5.69 Å². The predicted octanol–water partition coefficient (Wildman–Crippen LogP) is 5.53. The molecule has 5 heteroatoms. The van der Waals surface area contributed by atoms with Crippen molar-refractivity contribution in [1.82, 2.24) is 0 Å². The van der Waals surface area contributed by atoms with E-state index in [0.717, 1.165) is 24.7 Å². The summed E-state index contributed by atoms with van der Waals surface area (Å²) in [5.74, 6) is -0.153. The topological polar surface area (TPSA) is 29.1 Å². The van der Waals surface area contributed by atoms with Crippen LogP contribution in [0.3, 0.4) is 0 Å². The van der Waals surface area contributed by atoms with Gasteiger partial charge in [0.05, 0.1) is 11.3 Å². The van der Waals surface area contributed by atoms with E-state index in [-0.39, 0.29) is 5.91 Å². The monoisotopic (exact) mass is 445 g/mol. The number of halogens is 3. The fourth-order valence-corrected chi connectivity index (χ4v) is 2.73. The van der Waals surface area contributed by atoms with Gasteiger partial charge in [-0.05, 0) is 74.7 Å². The normalized spacial score (nSPS) is 10.3. The number of benzene rings is 2. The molecule has 0 radical (unpaired) electrons. The largest absolute Gasteiger partial charge is 0.321 e. The van der Waals surface area contributed by atoms with E-state index in [1.54, 1.807) is 6.07 Å². The van der Waals surface area contributed by atoms with Crippen LogP contribution in [0.5, 0.6) is 0 Å². The van der Waals surface area contributed by atoms with E-state index >= 15 is 0 Å². The molecule has 1 N–H and O–H groups in total. The van der Waals surface area contributed by atoms with Crippen LogP contribution in [0.25, 0.3) is 0 Å². The second-order valence-electron chi connectivity index (χ2n) is 4.06. The molecule has 0 aliphatic rings. The number of nitrogens with one attached hydrogen (secondary N) is 1. The first-order valence-corrected chi connectivity index (χ1v) is 7.88. The number of rotatable bonds is 2. The Morgan fingerprint density at radius 3 is 2.42 bits per heavy atom. The van der Waals surface area contributed by atoms with E-state index < -0.39 is 0 Å². The van der Waals surface area contributed by atoms with Crippen molar-refractivity contribution in [2.75, 3.05) is 5.32 Å². The molecule has 0 unspecified atom stereocenters. The molecule has 0 fully saturated rings. The quantitative estimate of drug-likeness (QED) is 0.643. The number of carbonyl (C=O) groups excluding carboxylic acids is 1. The van der Waals surface area contributed by atoms with Gasteiger partial charge in [0.15, 0.2) is 0 Å². The molecule has 2 aromatic carbocycles. The third-order valence-electron chi connectivity index (χ3n) is 2.54. The smallest absolute Gasteiger partial charge is 0.256 e. The van der Waals surface area contributed by atoms with Gasteiger partial charge in [-0.15, -0.1) is 0 Å². The molecule has 0 atom stereocenters. The molecule has 0 spiro atoms. The van der Waals surface area contributed by atoms with Gasteiger partial charge in [0.1, 0.15) is 0 Å². The number of amides is 1. The summed E-state index contributed by atoms with van der Waals surface area (Å²) in [6.45, 7) is 1.98. The van der Waals surface area contributed by atoms with Crippen LogP contribution in [0.2, 0.25) is 0 Å². The van der Waals surface area contributed by atoms with Gasteiger partial charge in [-0.3, -0.25) is 4.79 Å². The lowest BCUT2D eigenvalue weighted by Crippen LogP contribution is -2.13. The minimum absolute atomic E-state index is 0.153. The predicted molar refractivity (Wildman–Crippen MR) is 88.7 cm³/mol. The molecular formula is C14H10Br3NO. The summed E-state index contributed by atoms with van der Waals surface area (Å²) >= 11 is 10.2. The minimum Gasteiger partial charge on any atom is -0.321 e. The number of aryl methyl sites for hydroxylation is 1. The van der Waals surface area contributed by atoms with E-state index in [2.05, 4.69) is 53.1 Å². The lowest BCUT2D eigenvalue weighted by Gasteiger charge is -2.10. The highest BCUT2D eigenvalue weighted by Crippen LogP contribution is 2.26. The lowest BCUT2D eigenvalue weighted by molar-refractivity contribution is 0.102. The van der Waals surface area contributed by atoms with Crippen LogP contribution in [0.15, 0.2) is 49.8 Å². The first-order valence-electron chi connectivity index (χ1n) is 5.50. The summed E-state index contributed by atoms with van der Waals surface area (Å²) in [6, 6.07) is 11.3. The van der Waals surface area contributed by atoms with Crippen molar-refractivity contribution in [2.45, 2.75) is 6.92 Å². The number of anilines is 1. The molecule has 0 heterocycles. The van der Waals surface area contributed by atoms with E-state index in [0.29, 0.717) is 5.56 Å². The van der Waals surface area contributed by atoms with Gasteiger partial charge in [0, 0.05) is 13.4 Å². The maximum atomic E-state index is 12.3. The van der Waals surface area contributed by atoms with Crippen molar-refractivity contribution in [3.63, 3.8) is 0 Å². The summed E-state index contributed by atoms with van der Waals surface area (Å²) in [7, 11) is 0. The van der Waals surface area contributed by atoms with Crippen molar-refractivity contribution in [3.8, 4) is 0 Å². The Hall–Kier alpha value is -0.650. The molecule has 2 nitrogen and oxygen atoms in total. The standard InChI is InChI=1S/C14H10Br3NO/c1-8-2-4-12(17)13(6-8)18-14(19)10-7-9(15)3-5-11(10)16/h2-7H,1H3,(H,18,19). The van der Waals surface area contributed by atoms with E-state index in [9.17, 15) is 4.79 Å². The highest BCUT2D eigenvalue weighted by atomic mass is 79.9. The summed E-state index contributed by atoms with van der Waals surface area (Å²) in [6.07, 6.45) is 0. The second-order valence-corrected chi connectivity index (χ2v) is 6.69. The Morgan fingerprint density at radius 2 is 1.68 bits per heavy atom. The lowest BCUT2D eigenvalue weighted by atomic mass is 10.2. The zero-order chi connectivity index (χ0) is 14.0. The SMILES string of the molecule is Cc1ccc(Br)c(NC(=O)c2cc(Br)ccc2Br)c1. The van der Waals surface area contributed by atoms with Crippen LogP contribution < -0.4 is 5.32 Å². The fourth-order valence-electron chi connectivity index (χ4n) is 1.60. The van der Waals surface area contributed by atoms with Crippen molar-refractivity contribution < 1.29 is 4.79 Å². The summed E-state index contributed by atoms with van der Waals surface area (Å²) in [5, 5.41) is 2.90. The van der Waals surface area contributed by atoms with Gasteiger partial charge in [-0.1, -0.05) is 22.0 Å². The van der Waals surface area contributed by atoms with E-state index in [1.807, 2.05) is 37.3 Å². The molecule has 0 saturated heterocycles. The molecule has 0 saturated carbocycles. The number of carbonyl (C=O) groups is 1. The molecule has 1 amide bonds. The number of hydrogen-bond acceptors (Lipinski definition) is 1. The third kappa shape index (κ3) is 3.68. The van der Waals surface area contributed by atoms with Crippen LogP contribution in [-0.2, 0) is 0 Å². The maximum Gasteiger partial charge on any atom is 0.256 e. The van der Waals surface area contributed by atoms with Crippen molar-refractivity contribution in [1.29, 1.82) is 0 Å². The third-order valence-corrected chi connectivity index (χ3v) is 4.42. The van der Waals surface area contributed by atoms with Gasteiger partial charge < -0.3 is 5.32 Å². The summed E-state index contributed by atoms with van der Waals surface area (Å²) in [5.41, 5.74) is 2.44. The van der Waals surface area contributed by atoms with Gasteiger partial charge in [-0.2, -0.15) is 0 Å². The zero-order valence-corrected chi connectivity index (χ0v) is 14.8. The van der Waals surface area contributed by atoms with Gasteiger partial charge >= 0.3 is 0 Å². The van der Waals surface area contributed by atoms with E-state index in [1.165, 1.54) is 0 Å². The first kappa shape index (κ1) is 14.8. The van der Waals surface area contributed by atoms with Crippen LogP contribution >= 0.6 is 47.8 Å². The molecule has 0 bridgehead atoms. The van der Waals surface area contributed by atoms with E-state index in [4.69, 9.17) is 0 Å². The van der Waals surface area contributed by atoms with Crippen molar-refractivity contribution in [3.05, 3.63) is 60.9 Å². The van der Waals surface area contributed by atoms with Crippen LogP contribution in [0.1, 0.15) is 15.9 Å². The Bertz CT molecular complexity index is 641. The minimum atomic E-state index is -0.153. The summed E-state index contributed by atoms with van der Waals surface area (Å²) in [4.78, 5) is 12.3. The highest BCUT2D eigenvalue weighted by molar-refractivity contribution is 9.11. The summed E-state index contributed by atoms with van der Waals surface area (Å²) < 4.78 is 2.48. The van der Waals surface area contributed by atoms with Crippen LogP contribution in [0, 0.1) is 6.92 Å². The van der Waals surface area contributed by atoms with Crippen molar-refractivity contribution >= 4 is 59.4 Å². The van der Waals surface area contributed by atoms with Gasteiger partial charge in [0.2, 0.25) is 0 Å². The second kappa shape index (κ2) is 6.20. The molecule has 19 heavy (non-hydrogen) atoms. The Kier molecular flexibility index (Phi) is 4.81. The Morgan fingerprint density at radius 1 is 1.00 bits per heavy atom. The molecule has 0 aliphatic heterocycles. The molecule has 0 aliphatic carbocycles. The van der Waals surface area contributed by atoms with Crippen LogP contribution in [-0.4, -0.2) is 5.91 Å². The molecule has 2 aromatic rings. The van der Waals surface area contributed by atoms with Gasteiger partial charge in [0.25, 0.3) is 5.91 Å². The fraction of sp³-hybridized carbons (Fsp3) is 0.0714. The average Bonchev–Trinajstić information content (AvgIpc) is 2.36. The van der Waals surface area contributed by atoms with Crippen molar-refractivity contribution in [2.24, 2.45) is 0 Å². The maximum absolute atomic E-state index is 12.3. The zero-order valence-electron chi connectivity index (χ0n) is 10.0. The van der Waals surface area contributed by atoms with Gasteiger partial charge in [-0.25, -0.2) is 0 Å². The molecular weight excluding hydrogens is 438 g/mol. The number of hydrogen-bond donors (Lipinski definition) is 1.